The van der Waals surface area contributed by atoms with E-state index in [1.807, 2.05) is 0 Å². The predicted molar refractivity (Wildman–Crippen MR) is 93.0 cm³/mol. The average molecular weight is 343 g/mol. The van der Waals surface area contributed by atoms with Gasteiger partial charge >= 0.3 is 0 Å². The molecule has 1 aromatic carbocycles. The number of aliphatic hydroxyl groups is 1. The van der Waals surface area contributed by atoms with E-state index >= 15 is 0 Å². The third-order valence-corrected chi connectivity index (χ3v) is 4.39. The minimum absolute atomic E-state index is 0.0693. The van der Waals surface area contributed by atoms with Crippen LogP contribution in [0.2, 0.25) is 0 Å². The number of carbonyl (C=O) groups is 1. The first-order valence-electron chi connectivity index (χ1n) is 8.30. The zero-order valence-corrected chi connectivity index (χ0v) is 13.9. The second-order valence-corrected chi connectivity index (χ2v) is 6.12. The lowest BCUT2D eigenvalue weighted by Crippen LogP contribution is -2.31. The first-order chi connectivity index (χ1) is 12.1. The van der Waals surface area contributed by atoms with E-state index in [4.69, 9.17) is 11.1 Å². The number of amides is 1. The van der Waals surface area contributed by atoms with Crippen molar-refractivity contribution in [3.05, 3.63) is 50.2 Å². The number of nitrogens with zero attached hydrogens (tertiary/aromatic N) is 6. The van der Waals surface area contributed by atoms with Crippen LogP contribution < -0.4 is 5.32 Å². The van der Waals surface area contributed by atoms with Gasteiger partial charge in [0.2, 0.25) is 0 Å². The smallest absolute Gasteiger partial charge is 0.251 e. The van der Waals surface area contributed by atoms with Crippen LogP contribution in [0.15, 0.2) is 28.4 Å². The molecule has 0 unspecified atom stereocenters. The minimum Gasteiger partial charge on any atom is -0.393 e. The summed E-state index contributed by atoms with van der Waals surface area (Å²) < 4.78 is 0. The van der Waals surface area contributed by atoms with Crippen molar-refractivity contribution in [1.82, 2.24) is 5.32 Å². The molecule has 132 valence electrons. The molecule has 0 heterocycles. The van der Waals surface area contributed by atoms with E-state index in [1.54, 1.807) is 12.1 Å². The second kappa shape index (κ2) is 9.54. The Hall–Kier alpha value is -2.73. The van der Waals surface area contributed by atoms with Gasteiger partial charge in [0.25, 0.3) is 5.91 Å². The highest BCUT2D eigenvalue weighted by Gasteiger charge is 2.22. The normalized spacial score (nSPS) is 19.4. The molecule has 1 saturated carbocycles. The maximum atomic E-state index is 12.3. The third kappa shape index (κ3) is 5.69. The van der Waals surface area contributed by atoms with Crippen LogP contribution in [0.3, 0.4) is 0 Å². The van der Waals surface area contributed by atoms with Crippen molar-refractivity contribution >= 4 is 11.6 Å². The quantitative estimate of drug-likeness (QED) is 0.435. The Balaban J connectivity index is 2.00. The van der Waals surface area contributed by atoms with Crippen molar-refractivity contribution in [2.45, 2.75) is 44.8 Å². The van der Waals surface area contributed by atoms with Gasteiger partial charge in [-0.25, -0.2) is 0 Å². The first kappa shape index (κ1) is 18.6. The van der Waals surface area contributed by atoms with E-state index in [1.165, 1.54) is 6.07 Å². The summed E-state index contributed by atoms with van der Waals surface area (Å²) in [5.41, 5.74) is 18.2. The number of rotatable bonds is 7. The van der Waals surface area contributed by atoms with Gasteiger partial charge in [0.15, 0.2) is 0 Å². The summed E-state index contributed by atoms with van der Waals surface area (Å²) in [5.74, 6) is -0.0634. The molecular formula is C16H21N7O2. The Bertz CT molecular complexity index is 708. The van der Waals surface area contributed by atoms with Crippen molar-refractivity contribution in [2.75, 3.05) is 6.54 Å². The van der Waals surface area contributed by atoms with E-state index in [0.29, 0.717) is 23.4 Å². The number of hydrogen-bond acceptors (Lipinski definition) is 4. The molecule has 0 saturated heterocycles. The van der Waals surface area contributed by atoms with E-state index in [9.17, 15) is 9.90 Å². The Morgan fingerprint density at radius 2 is 2.04 bits per heavy atom. The average Bonchev–Trinajstić information content (AvgIpc) is 2.61. The highest BCUT2D eigenvalue weighted by Crippen LogP contribution is 2.26. The Morgan fingerprint density at radius 3 is 2.76 bits per heavy atom. The fraction of sp³-hybridized carbons (Fsp3) is 0.562. The van der Waals surface area contributed by atoms with E-state index in [-0.39, 0.29) is 24.5 Å². The molecule has 9 heteroatoms. The van der Waals surface area contributed by atoms with E-state index < -0.39 is 0 Å². The SMILES string of the molecule is [N-]=[N+]=NCc1cc(N=[N+]=[N-])cc(C(=O)NCC[C@H]2CCCC[C@H]2O)c1. The van der Waals surface area contributed by atoms with Gasteiger partial charge in [-0.15, -0.1) is 0 Å². The standard InChI is InChI=1S/C16H21N7O2/c17-22-20-10-11-7-13(9-14(8-11)21-23-18)16(25)19-6-5-12-3-1-2-4-15(12)24/h7-9,12,15,24H,1-6,10H2,(H,19,25)/t12-,15-/m1/s1. The third-order valence-electron chi connectivity index (χ3n) is 4.39. The molecule has 2 atom stereocenters. The molecule has 1 aliphatic carbocycles. The molecule has 1 aliphatic rings. The minimum atomic E-state index is -0.289. The number of carbonyl (C=O) groups excluding carboxylic acids is 1. The summed E-state index contributed by atoms with van der Waals surface area (Å²) in [7, 11) is 0. The summed E-state index contributed by atoms with van der Waals surface area (Å²) in [6.45, 7) is 0.540. The van der Waals surface area contributed by atoms with Crippen molar-refractivity contribution in [1.29, 1.82) is 0 Å². The Labute approximate surface area is 145 Å². The Morgan fingerprint density at radius 1 is 1.24 bits per heavy atom. The lowest BCUT2D eigenvalue weighted by atomic mass is 9.84. The van der Waals surface area contributed by atoms with Gasteiger partial charge in [-0.05, 0) is 60.0 Å². The van der Waals surface area contributed by atoms with Gasteiger partial charge in [-0.3, -0.25) is 4.79 Å². The molecule has 9 nitrogen and oxygen atoms in total. The van der Waals surface area contributed by atoms with Crippen LogP contribution in [0, 0.1) is 5.92 Å². The van der Waals surface area contributed by atoms with Crippen LogP contribution in [0.5, 0.6) is 0 Å². The van der Waals surface area contributed by atoms with Crippen LogP contribution in [-0.2, 0) is 6.54 Å². The number of aliphatic hydroxyl groups excluding tert-OH is 1. The van der Waals surface area contributed by atoms with Gasteiger partial charge in [0, 0.05) is 27.6 Å². The van der Waals surface area contributed by atoms with Gasteiger partial charge in [0.1, 0.15) is 0 Å². The summed E-state index contributed by atoms with van der Waals surface area (Å²) in [4.78, 5) is 17.7. The van der Waals surface area contributed by atoms with Crippen LogP contribution in [0.4, 0.5) is 5.69 Å². The van der Waals surface area contributed by atoms with E-state index in [2.05, 4.69) is 25.4 Å². The fourth-order valence-electron chi connectivity index (χ4n) is 3.12. The summed E-state index contributed by atoms with van der Waals surface area (Å²) in [6.07, 6.45) is 4.44. The molecule has 0 aliphatic heterocycles. The second-order valence-electron chi connectivity index (χ2n) is 6.12. The van der Waals surface area contributed by atoms with Gasteiger partial charge in [0.05, 0.1) is 12.6 Å². The van der Waals surface area contributed by atoms with Crippen LogP contribution in [-0.4, -0.2) is 23.7 Å². The molecule has 0 spiro atoms. The highest BCUT2D eigenvalue weighted by atomic mass is 16.3. The fourth-order valence-corrected chi connectivity index (χ4v) is 3.12. The number of nitrogens with one attached hydrogen (secondary N) is 1. The molecule has 1 fully saturated rings. The molecule has 0 bridgehead atoms. The molecular weight excluding hydrogens is 322 g/mol. The number of azide groups is 2. The van der Waals surface area contributed by atoms with Crippen molar-refractivity contribution in [3.8, 4) is 0 Å². The van der Waals surface area contributed by atoms with Gasteiger partial charge in [-0.2, -0.15) is 0 Å². The zero-order chi connectivity index (χ0) is 18.1. The summed E-state index contributed by atoms with van der Waals surface area (Å²) in [6, 6.07) is 4.67. The lowest BCUT2D eigenvalue weighted by molar-refractivity contribution is 0.0643. The van der Waals surface area contributed by atoms with Crippen molar-refractivity contribution < 1.29 is 9.90 Å². The lowest BCUT2D eigenvalue weighted by Gasteiger charge is -2.27. The zero-order valence-electron chi connectivity index (χ0n) is 13.9. The van der Waals surface area contributed by atoms with Crippen molar-refractivity contribution in [2.24, 2.45) is 16.1 Å². The maximum Gasteiger partial charge on any atom is 0.251 e. The van der Waals surface area contributed by atoms with E-state index in [0.717, 1.165) is 32.1 Å². The molecule has 1 amide bonds. The van der Waals surface area contributed by atoms with Crippen LogP contribution >= 0.6 is 0 Å². The van der Waals surface area contributed by atoms with Crippen LogP contribution in [0.1, 0.15) is 48.0 Å². The monoisotopic (exact) mass is 343 g/mol. The summed E-state index contributed by atoms with van der Waals surface area (Å²) >= 11 is 0. The maximum absolute atomic E-state index is 12.3. The Kier molecular flexibility index (Phi) is 7.10. The van der Waals surface area contributed by atoms with Crippen LogP contribution in [0.25, 0.3) is 20.9 Å². The first-order valence-corrected chi connectivity index (χ1v) is 8.30. The molecule has 1 aromatic rings. The molecule has 0 aromatic heterocycles. The van der Waals surface area contributed by atoms with Gasteiger partial charge in [-0.1, -0.05) is 23.1 Å². The largest absolute Gasteiger partial charge is 0.393 e. The van der Waals surface area contributed by atoms with Crippen molar-refractivity contribution in [3.63, 3.8) is 0 Å². The molecule has 2 rings (SSSR count). The number of benzene rings is 1. The summed E-state index contributed by atoms with van der Waals surface area (Å²) in [5, 5.41) is 19.8. The predicted octanol–water partition coefficient (Wildman–Crippen LogP) is 4.11. The molecule has 0 radical (unpaired) electrons. The highest BCUT2D eigenvalue weighted by molar-refractivity contribution is 5.95. The topological polar surface area (TPSA) is 147 Å². The number of hydrogen-bond donors (Lipinski definition) is 2. The molecule has 2 N–H and O–H groups in total. The van der Waals surface area contributed by atoms with Gasteiger partial charge < -0.3 is 10.4 Å². The molecule has 25 heavy (non-hydrogen) atoms.